The predicted molar refractivity (Wildman–Crippen MR) is 90.3 cm³/mol. The molecule has 5 nitrogen and oxygen atoms in total. The number of carbonyl (C=O) groups is 1. The molecule has 0 spiro atoms. The molecule has 0 aromatic carbocycles. The molecular formula is C16H22N4OS. The zero-order chi connectivity index (χ0) is 15.9. The Bertz CT molecular complexity index is 707. The number of aromatic nitrogens is 2. The Balaban J connectivity index is 1.95. The smallest absolute Gasteiger partial charge is 0.223 e. The molecule has 0 N–H and O–H groups in total. The molecule has 0 fully saturated rings. The van der Waals surface area contributed by atoms with Crippen LogP contribution in [-0.4, -0.2) is 41.4 Å². The SMILES string of the molecule is CC(C)CC(=O)N1CCc2c(sc3ncnc(N(C)C)c23)C1. The van der Waals surface area contributed by atoms with E-state index in [9.17, 15) is 4.79 Å². The van der Waals surface area contributed by atoms with Gasteiger partial charge in [0.15, 0.2) is 0 Å². The van der Waals surface area contributed by atoms with Crippen molar-refractivity contribution < 1.29 is 4.79 Å². The van der Waals surface area contributed by atoms with E-state index >= 15 is 0 Å². The van der Waals surface area contributed by atoms with Gasteiger partial charge in [0, 0.05) is 31.9 Å². The van der Waals surface area contributed by atoms with Crippen LogP contribution >= 0.6 is 11.3 Å². The number of nitrogens with zero attached hydrogens (tertiary/aromatic N) is 4. The number of amides is 1. The summed E-state index contributed by atoms with van der Waals surface area (Å²) < 4.78 is 0. The van der Waals surface area contributed by atoms with Gasteiger partial charge in [0.05, 0.1) is 11.9 Å². The minimum atomic E-state index is 0.261. The minimum absolute atomic E-state index is 0.261. The minimum Gasteiger partial charge on any atom is -0.362 e. The maximum atomic E-state index is 12.3. The van der Waals surface area contributed by atoms with E-state index in [0.29, 0.717) is 12.3 Å². The average Bonchev–Trinajstić information content (AvgIpc) is 2.83. The van der Waals surface area contributed by atoms with Crippen molar-refractivity contribution in [3.63, 3.8) is 0 Å². The van der Waals surface area contributed by atoms with Gasteiger partial charge in [0.1, 0.15) is 17.0 Å². The van der Waals surface area contributed by atoms with Gasteiger partial charge in [-0.3, -0.25) is 4.79 Å². The predicted octanol–water partition coefficient (Wildman–Crippen LogP) is 2.69. The van der Waals surface area contributed by atoms with E-state index in [-0.39, 0.29) is 5.91 Å². The third kappa shape index (κ3) is 2.67. The lowest BCUT2D eigenvalue weighted by Crippen LogP contribution is -2.35. The Hall–Kier alpha value is -1.69. The third-order valence-electron chi connectivity index (χ3n) is 3.98. The Morgan fingerprint density at radius 3 is 2.86 bits per heavy atom. The number of fused-ring (bicyclic) bond motifs is 3. The summed E-state index contributed by atoms with van der Waals surface area (Å²) in [5, 5.41) is 1.17. The summed E-state index contributed by atoms with van der Waals surface area (Å²) in [5.74, 6) is 1.64. The molecule has 0 saturated heterocycles. The largest absolute Gasteiger partial charge is 0.362 e. The van der Waals surface area contributed by atoms with Gasteiger partial charge in [-0.05, 0) is 17.9 Å². The van der Waals surface area contributed by atoms with Crippen LogP contribution in [0.4, 0.5) is 5.82 Å². The van der Waals surface area contributed by atoms with Gasteiger partial charge in [-0.25, -0.2) is 9.97 Å². The van der Waals surface area contributed by atoms with E-state index < -0.39 is 0 Å². The Kier molecular flexibility index (Phi) is 4.04. The van der Waals surface area contributed by atoms with E-state index in [0.717, 1.165) is 30.2 Å². The number of anilines is 1. The molecule has 0 bridgehead atoms. The van der Waals surface area contributed by atoms with Crippen molar-refractivity contribution in [3.8, 4) is 0 Å². The highest BCUT2D eigenvalue weighted by Crippen LogP contribution is 2.38. The molecule has 3 rings (SSSR count). The topological polar surface area (TPSA) is 49.3 Å². The van der Waals surface area contributed by atoms with Gasteiger partial charge >= 0.3 is 0 Å². The van der Waals surface area contributed by atoms with Crippen molar-refractivity contribution in [2.45, 2.75) is 33.2 Å². The fourth-order valence-corrected chi connectivity index (χ4v) is 4.14. The van der Waals surface area contributed by atoms with Crippen LogP contribution in [0.15, 0.2) is 6.33 Å². The van der Waals surface area contributed by atoms with Crippen molar-refractivity contribution in [2.75, 3.05) is 25.5 Å². The first kappa shape index (κ1) is 15.2. The number of carbonyl (C=O) groups excluding carboxylic acids is 1. The number of thiophene rings is 1. The van der Waals surface area contributed by atoms with Crippen LogP contribution in [0.3, 0.4) is 0 Å². The summed E-state index contributed by atoms with van der Waals surface area (Å²) in [4.78, 5) is 27.5. The first-order chi connectivity index (χ1) is 10.5. The van der Waals surface area contributed by atoms with E-state index in [1.165, 1.54) is 15.8 Å². The molecule has 0 unspecified atom stereocenters. The van der Waals surface area contributed by atoms with Gasteiger partial charge in [-0.1, -0.05) is 13.8 Å². The molecular weight excluding hydrogens is 296 g/mol. The Morgan fingerprint density at radius 2 is 2.18 bits per heavy atom. The van der Waals surface area contributed by atoms with Gasteiger partial charge in [0.25, 0.3) is 0 Å². The summed E-state index contributed by atoms with van der Waals surface area (Å²) >= 11 is 1.70. The molecule has 0 aliphatic carbocycles. The summed E-state index contributed by atoms with van der Waals surface area (Å²) in [5.41, 5.74) is 1.33. The van der Waals surface area contributed by atoms with Gasteiger partial charge in [-0.15, -0.1) is 11.3 Å². The van der Waals surface area contributed by atoms with E-state index in [4.69, 9.17) is 0 Å². The summed E-state index contributed by atoms with van der Waals surface area (Å²) in [6, 6.07) is 0. The van der Waals surface area contributed by atoms with Crippen molar-refractivity contribution in [1.82, 2.24) is 14.9 Å². The molecule has 0 atom stereocenters. The third-order valence-corrected chi connectivity index (χ3v) is 5.10. The molecule has 1 aliphatic rings. The lowest BCUT2D eigenvalue weighted by atomic mass is 10.0. The highest BCUT2D eigenvalue weighted by Gasteiger charge is 2.26. The van der Waals surface area contributed by atoms with Crippen LogP contribution in [0.1, 0.15) is 30.7 Å². The van der Waals surface area contributed by atoms with Crippen LogP contribution < -0.4 is 4.90 Å². The monoisotopic (exact) mass is 318 g/mol. The molecule has 1 amide bonds. The summed E-state index contributed by atoms with van der Waals surface area (Å²) in [6.45, 7) is 5.69. The van der Waals surface area contributed by atoms with Gasteiger partial charge < -0.3 is 9.80 Å². The fraction of sp³-hybridized carbons (Fsp3) is 0.562. The first-order valence-electron chi connectivity index (χ1n) is 7.67. The summed E-state index contributed by atoms with van der Waals surface area (Å²) in [6.07, 6.45) is 3.15. The van der Waals surface area contributed by atoms with E-state index in [1.54, 1.807) is 17.7 Å². The second-order valence-electron chi connectivity index (χ2n) is 6.44. The number of hydrogen-bond acceptors (Lipinski definition) is 5. The van der Waals surface area contributed by atoms with Gasteiger partial charge in [0.2, 0.25) is 5.91 Å². The molecule has 2 aromatic rings. The summed E-state index contributed by atoms with van der Waals surface area (Å²) in [7, 11) is 4.01. The molecule has 0 saturated carbocycles. The first-order valence-corrected chi connectivity index (χ1v) is 8.49. The quantitative estimate of drug-likeness (QED) is 0.873. The highest BCUT2D eigenvalue weighted by molar-refractivity contribution is 7.19. The molecule has 1 aliphatic heterocycles. The van der Waals surface area contributed by atoms with Crippen LogP contribution in [0.2, 0.25) is 0 Å². The lowest BCUT2D eigenvalue weighted by molar-refractivity contribution is -0.132. The van der Waals surface area contributed by atoms with Crippen molar-refractivity contribution in [3.05, 3.63) is 16.8 Å². The van der Waals surface area contributed by atoms with Crippen molar-refractivity contribution in [2.24, 2.45) is 5.92 Å². The second-order valence-corrected chi connectivity index (χ2v) is 7.52. The van der Waals surface area contributed by atoms with E-state index in [1.807, 2.05) is 23.9 Å². The van der Waals surface area contributed by atoms with Gasteiger partial charge in [-0.2, -0.15) is 0 Å². The normalized spacial score (nSPS) is 14.5. The zero-order valence-corrected chi connectivity index (χ0v) is 14.4. The molecule has 6 heteroatoms. The molecule has 2 aromatic heterocycles. The molecule has 118 valence electrons. The molecule has 3 heterocycles. The maximum Gasteiger partial charge on any atom is 0.223 e. The van der Waals surface area contributed by atoms with Crippen molar-refractivity contribution >= 4 is 33.3 Å². The van der Waals surface area contributed by atoms with Crippen LogP contribution in [0, 0.1) is 5.92 Å². The van der Waals surface area contributed by atoms with Crippen LogP contribution in [-0.2, 0) is 17.8 Å². The zero-order valence-electron chi connectivity index (χ0n) is 13.6. The molecule has 0 radical (unpaired) electrons. The van der Waals surface area contributed by atoms with Crippen molar-refractivity contribution in [1.29, 1.82) is 0 Å². The van der Waals surface area contributed by atoms with Crippen LogP contribution in [0.5, 0.6) is 0 Å². The highest BCUT2D eigenvalue weighted by atomic mass is 32.1. The Morgan fingerprint density at radius 1 is 1.41 bits per heavy atom. The Labute approximate surface area is 135 Å². The maximum absolute atomic E-state index is 12.3. The lowest BCUT2D eigenvalue weighted by Gasteiger charge is -2.28. The fourth-order valence-electron chi connectivity index (χ4n) is 2.94. The number of hydrogen-bond donors (Lipinski definition) is 0. The van der Waals surface area contributed by atoms with Crippen LogP contribution in [0.25, 0.3) is 10.2 Å². The number of rotatable bonds is 3. The van der Waals surface area contributed by atoms with E-state index in [2.05, 4.69) is 23.8 Å². The molecule has 22 heavy (non-hydrogen) atoms. The average molecular weight is 318 g/mol. The standard InChI is InChI=1S/C16H22N4OS/c1-10(2)7-13(21)20-6-5-11-12(8-20)22-16-14(11)15(19(3)4)17-9-18-16/h9-10H,5-8H2,1-4H3. The second kappa shape index (κ2) is 5.83.